The highest BCUT2D eigenvalue weighted by Gasteiger charge is 2.26. The third-order valence-electron chi connectivity index (χ3n) is 3.92. The van der Waals surface area contributed by atoms with Gasteiger partial charge in [0.1, 0.15) is 0 Å². The van der Waals surface area contributed by atoms with Crippen LogP contribution in [0.4, 0.5) is 0 Å². The van der Waals surface area contributed by atoms with Crippen LogP contribution in [0.15, 0.2) is 30.3 Å². The summed E-state index contributed by atoms with van der Waals surface area (Å²) in [5.41, 5.74) is 0.699. The highest BCUT2D eigenvalue weighted by Crippen LogP contribution is 2.13. The summed E-state index contributed by atoms with van der Waals surface area (Å²) in [4.78, 5) is 12.2. The summed E-state index contributed by atoms with van der Waals surface area (Å²) in [6.45, 7) is 5.43. The second-order valence-electron chi connectivity index (χ2n) is 6.67. The smallest absolute Gasteiger partial charge is 0.221 e. The second-order valence-corrected chi connectivity index (χ2v) is 8.76. The van der Waals surface area contributed by atoms with E-state index in [0.717, 1.165) is 5.56 Å². The number of morpholine rings is 1. The molecular weight excluding hydrogens is 328 g/mol. The lowest BCUT2D eigenvalue weighted by Crippen LogP contribution is -2.46. The van der Waals surface area contributed by atoms with E-state index in [0.29, 0.717) is 32.7 Å². The Labute approximate surface area is 144 Å². The van der Waals surface area contributed by atoms with E-state index in [1.54, 1.807) is 0 Å². The summed E-state index contributed by atoms with van der Waals surface area (Å²) < 4.78 is 31.0. The van der Waals surface area contributed by atoms with Gasteiger partial charge in [0, 0.05) is 25.0 Å². The molecule has 134 valence electrons. The second kappa shape index (κ2) is 8.09. The Balaban J connectivity index is 1.83. The third kappa shape index (κ3) is 5.89. The van der Waals surface area contributed by atoms with E-state index in [-0.39, 0.29) is 18.1 Å². The maximum absolute atomic E-state index is 12.2. The van der Waals surface area contributed by atoms with Crippen LogP contribution in [-0.2, 0) is 26.0 Å². The molecule has 0 atom stereocenters. The molecule has 0 unspecified atom stereocenters. The minimum Gasteiger partial charge on any atom is -0.379 e. The number of hydrogen-bond acceptors (Lipinski definition) is 4. The normalized spacial score (nSPS) is 16.8. The van der Waals surface area contributed by atoms with Crippen molar-refractivity contribution in [3.05, 3.63) is 35.9 Å². The lowest BCUT2D eigenvalue weighted by molar-refractivity contribution is -0.122. The van der Waals surface area contributed by atoms with Crippen molar-refractivity contribution >= 4 is 15.9 Å². The van der Waals surface area contributed by atoms with Gasteiger partial charge in [-0.3, -0.25) is 4.79 Å². The summed E-state index contributed by atoms with van der Waals surface area (Å²) in [6.07, 6.45) is 0.660. The van der Waals surface area contributed by atoms with Gasteiger partial charge in [0.05, 0.1) is 19.0 Å². The number of sulfonamides is 1. The highest BCUT2D eigenvalue weighted by atomic mass is 32.2. The first-order chi connectivity index (χ1) is 11.3. The van der Waals surface area contributed by atoms with E-state index in [2.05, 4.69) is 5.32 Å². The molecule has 1 aromatic rings. The predicted molar refractivity (Wildman–Crippen MR) is 93.2 cm³/mol. The minimum atomic E-state index is -3.40. The molecule has 1 aromatic carbocycles. The molecule has 2 rings (SSSR count). The monoisotopic (exact) mass is 354 g/mol. The fraction of sp³-hybridized carbons (Fsp3) is 0.588. The van der Waals surface area contributed by atoms with Crippen LogP contribution in [0.5, 0.6) is 0 Å². The lowest BCUT2D eigenvalue weighted by atomic mass is 9.95. The highest BCUT2D eigenvalue weighted by molar-refractivity contribution is 7.89. The Morgan fingerprint density at radius 2 is 1.83 bits per heavy atom. The minimum absolute atomic E-state index is 0.0299. The molecule has 1 saturated heterocycles. The van der Waals surface area contributed by atoms with E-state index < -0.39 is 15.6 Å². The molecular formula is C17H26N2O4S. The number of hydrogen-bond donors (Lipinski definition) is 1. The molecule has 0 radical (unpaired) electrons. The number of benzene rings is 1. The SMILES string of the molecule is CC(C)(Cc1ccccc1)NC(=O)CCS(=O)(=O)N1CCOCC1. The standard InChI is InChI=1S/C17H26N2O4S/c1-17(2,14-15-6-4-3-5-7-15)18-16(20)8-13-24(21,22)19-9-11-23-12-10-19/h3-7H,8-14H2,1-2H3,(H,18,20). The quantitative estimate of drug-likeness (QED) is 0.798. The van der Waals surface area contributed by atoms with E-state index >= 15 is 0 Å². The van der Waals surface area contributed by atoms with Gasteiger partial charge in [-0.2, -0.15) is 4.31 Å². The Kier molecular flexibility index (Phi) is 6.37. The molecule has 6 nitrogen and oxygen atoms in total. The van der Waals surface area contributed by atoms with Gasteiger partial charge in [0.2, 0.25) is 15.9 Å². The first-order valence-corrected chi connectivity index (χ1v) is 9.80. The summed E-state index contributed by atoms with van der Waals surface area (Å²) in [6, 6.07) is 9.89. The van der Waals surface area contributed by atoms with Crippen molar-refractivity contribution in [2.24, 2.45) is 0 Å². The van der Waals surface area contributed by atoms with Crippen molar-refractivity contribution in [2.45, 2.75) is 32.2 Å². The van der Waals surface area contributed by atoms with Crippen LogP contribution < -0.4 is 5.32 Å². The molecule has 1 aliphatic rings. The molecule has 0 saturated carbocycles. The van der Waals surface area contributed by atoms with Crippen LogP contribution in [0.3, 0.4) is 0 Å². The number of carbonyl (C=O) groups is 1. The molecule has 1 heterocycles. The Bertz CT molecular complexity index is 638. The Morgan fingerprint density at radius 3 is 2.46 bits per heavy atom. The van der Waals surface area contributed by atoms with Gasteiger partial charge in [-0.15, -0.1) is 0 Å². The maximum atomic E-state index is 12.2. The molecule has 0 bridgehead atoms. The summed E-state index contributed by atoms with van der Waals surface area (Å²) in [7, 11) is -3.40. The zero-order valence-corrected chi connectivity index (χ0v) is 15.1. The van der Waals surface area contributed by atoms with Crippen LogP contribution >= 0.6 is 0 Å². The number of nitrogens with zero attached hydrogens (tertiary/aromatic N) is 1. The number of ether oxygens (including phenoxy) is 1. The fourth-order valence-corrected chi connectivity index (χ4v) is 4.17. The van der Waals surface area contributed by atoms with Crippen LogP contribution in [0.25, 0.3) is 0 Å². The number of amides is 1. The van der Waals surface area contributed by atoms with Gasteiger partial charge in [-0.1, -0.05) is 30.3 Å². The molecule has 1 aliphatic heterocycles. The van der Waals surface area contributed by atoms with Crippen molar-refractivity contribution in [3.8, 4) is 0 Å². The first-order valence-electron chi connectivity index (χ1n) is 8.19. The number of rotatable bonds is 7. The largest absolute Gasteiger partial charge is 0.379 e. The number of nitrogens with one attached hydrogen (secondary N) is 1. The third-order valence-corrected chi connectivity index (χ3v) is 5.79. The maximum Gasteiger partial charge on any atom is 0.221 e. The van der Waals surface area contributed by atoms with Gasteiger partial charge >= 0.3 is 0 Å². The van der Waals surface area contributed by atoms with Gasteiger partial charge in [0.25, 0.3) is 0 Å². The van der Waals surface area contributed by atoms with Gasteiger partial charge in [-0.05, 0) is 25.8 Å². The summed E-state index contributed by atoms with van der Waals surface area (Å²) in [5, 5.41) is 2.93. The van der Waals surface area contributed by atoms with E-state index in [1.165, 1.54) is 4.31 Å². The molecule has 24 heavy (non-hydrogen) atoms. The molecule has 7 heteroatoms. The molecule has 0 spiro atoms. The van der Waals surface area contributed by atoms with Crippen molar-refractivity contribution in [2.75, 3.05) is 32.1 Å². The zero-order valence-electron chi connectivity index (χ0n) is 14.3. The molecule has 1 N–H and O–H groups in total. The summed E-state index contributed by atoms with van der Waals surface area (Å²) in [5.74, 6) is -0.409. The lowest BCUT2D eigenvalue weighted by Gasteiger charge is -2.28. The zero-order chi connectivity index (χ0) is 17.6. The van der Waals surface area contributed by atoms with Crippen LogP contribution in [0.2, 0.25) is 0 Å². The van der Waals surface area contributed by atoms with E-state index in [1.807, 2.05) is 44.2 Å². The van der Waals surface area contributed by atoms with Gasteiger partial charge in [-0.25, -0.2) is 8.42 Å². The van der Waals surface area contributed by atoms with Crippen molar-refractivity contribution in [3.63, 3.8) is 0 Å². The summed E-state index contributed by atoms with van der Waals surface area (Å²) >= 11 is 0. The molecule has 1 amide bonds. The first kappa shape index (κ1) is 18.9. The van der Waals surface area contributed by atoms with Crippen molar-refractivity contribution in [1.82, 2.24) is 9.62 Å². The van der Waals surface area contributed by atoms with Gasteiger partial charge in [0.15, 0.2) is 0 Å². The Morgan fingerprint density at radius 1 is 1.21 bits per heavy atom. The van der Waals surface area contributed by atoms with E-state index in [4.69, 9.17) is 4.74 Å². The van der Waals surface area contributed by atoms with Crippen molar-refractivity contribution in [1.29, 1.82) is 0 Å². The fourth-order valence-electron chi connectivity index (χ4n) is 2.77. The molecule has 0 aromatic heterocycles. The topological polar surface area (TPSA) is 75.7 Å². The van der Waals surface area contributed by atoms with Crippen LogP contribution in [-0.4, -0.2) is 56.2 Å². The Hall–Kier alpha value is -1.44. The molecule has 0 aliphatic carbocycles. The van der Waals surface area contributed by atoms with Crippen LogP contribution in [0, 0.1) is 0 Å². The van der Waals surface area contributed by atoms with Crippen LogP contribution in [0.1, 0.15) is 25.8 Å². The number of carbonyl (C=O) groups excluding carboxylic acids is 1. The van der Waals surface area contributed by atoms with Crippen molar-refractivity contribution < 1.29 is 17.9 Å². The average Bonchev–Trinajstić information content (AvgIpc) is 2.54. The van der Waals surface area contributed by atoms with E-state index in [9.17, 15) is 13.2 Å². The average molecular weight is 354 g/mol. The molecule has 1 fully saturated rings. The predicted octanol–water partition coefficient (Wildman–Crippen LogP) is 1.18. The van der Waals surface area contributed by atoms with Gasteiger partial charge < -0.3 is 10.1 Å².